The van der Waals surface area contributed by atoms with Gasteiger partial charge in [0.05, 0.1) is 5.69 Å². The molecule has 8 heteroatoms. The maximum absolute atomic E-state index is 14.4. The fourth-order valence-corrected chi connectivity index (χ4v) is 4.42. The van der Waals surface area contributed by atoms with Crippen molar-refractivity contribution in [2.24, 2.45) is 5.73 Å². The first-order valence-electron chi connectivity index (χ1n) is 8.77. The summed E-state index contributed by atoms with van der Waals surface area (Å²) in [5.74, 6) is -2.95. The fourth-order valence-electron chi connectivity index (χ4n) is 3.46. The third-order valence-electron chi connectivity index (χ3n) is 4.85. The van der Waals surface area contributed by atoms with Crippen LogP contribution >= 0.6 is 11.3 Å². The van der Waals surface area contributed by atoms with Crippen molar-refractivity contribution >= 4 is 28.9 Å². The average molecular weight is 414 g/mol. The number of thiophene rings is 1. The molecule has 2 atom stereocenters. The summed E-state index contributed by atoms with van der Waals surface area (Å²) in [6.07, 6.45) is 0. The van der Waals surface area contributed by atoms with Crippen molar-refractivity contribution < 1.29 is 23.1 Å². The lowest BCUT2D eigenvalue weighted by Crippen LogP contribution is -2.36. The average Bonchev–Trinajstić information content (AvgIpc) is 3.32. The second-order valence-corrected chi connectivity index (χ2v) is 7.65. The molecular formula is C21H16F2N2O3S. The zero-order valence-electron chi connectivity index (χ0n) is 15.2. The highest BCUT2D eigenvalue weighted by molar-refractivity contribution is 7.10. The van der Waals surface area contributed by atoms with Gasteiger partial charge in [-0.3, -0.25) is 4.79 Å². The van der Waals surface area contributed by atoms with E-state index in [9.17, 15) is 18.4 Å². The van der Waals surface area contributed by atoms with Crippen molar-refractivity contribution in [3.05, 3.63) is 81.5 Å². The van der Waals surface area contributed by atoms with Crippen molar-refractivity contribution in [1.29, 1.82) is 0 Å². The number of anilines is 1. The van der Waals surface area contributed by atoms with Crippen molar-refractivity contribution in [2.45, 2.75) is 18.4 Å². The predicted molar refractivity (Wildman–Crippen MR) is 105 cm³/mol. The topological polar surface area (TPSA) is 81.4 Å². The SMILES string of the molecule is C[C@H](N)C(=O)Oc1ccc(C2(c3cccs3)C(=O)Nc3c2ccc(F)c3F)cc1. The molecule has 2 aromatic carbocycles. The molecule has 1 aromatic heterocycles. The summed E-state index contributed by atoms with van der Waals surface area (Å²) in [6.45, 7) is 1.51. The molecule has 0 saturated heterocycles. The summed E-state index contributed by atoms with van der Waals surface area (Å²) in [5.41, 5.74) is 4.84. The van der Waals surface area contributed by atoms with E-state index in [-0.39, 0.29) is 11.4 Å². The van der Waals surface area contributed by atoms with E-state index in [2.05, 4.69) is 5.32 Å². The number of nitrogens with two attached hydrogens (primary N) is 1. The number of esters is 1. The van der Waals surface area contributed by atoms with E-state index in [0.29, 0.717) is 16.0 Å². The highest BCUT2D eigenvalue weighted by Gasteiger charge is 2.51. The van der Waals surface area contributed by atoms with Gasteiger partial charge in [-0.1, -0.05) is 24.3 Å². The van der Waals surface area contributed by atoms with E-state index in [1.807, 2.05) is 0 Å². The first kappa shape index (κ1) is 19.2. The molecule has 148 valence electrons. The molecule has 1 amide bonds. The lowest BCUT2D eigenvalue weighted by Gasteiger charge is -2.27. The molecule has 29 heavy (non-hydrogen) atoms. The van der Waals surface area contributed by atoms with Crippen LogP contribution in [0, 0.1) is 11.6 Å². The minimum absolute atomic E-state index is 0.170. The molecule has 3 N–H and O–H groups in total. The molecule has 0 fully saturated rings. The Bertz CT molecular complexity index is 1100. The van der Waals surface area contributed by atoms with E-state index in [1.54, 1.807) is 29.6 Å². The maximum atomic E-state index is 14.4. The molecule has 2 heterocycles. The molecule has 0 bridgehead atoms. The van der Waals surface area contributed by atoms with Crippen LogP contribution in [0.25, 0.3) is 0 Å². The van der Waals surface area contributed by atoms with Gasteiger partial charge in [0, 0.05) is 10.4 Å². The smallest absolute Gasteiger partial charge is 0.328 e. The zero-order valence-corrected chi connectivity index (χ0v) is 16.1. The number of nitrogens with one attached hydrogen (secondary N) is 1. The second kappa shape index (κ2) is 7.06. The fraction of sp³-hybridized carbons (Fsp3) is 0.143. The first-order valence-corrected chi connectivity index (χ1v) is 9.65. The van der Waals surface area contributed by atoms with E-state index in [1.165, 1.54) is 36.5 Å². The van der Waals surface area contributed by atoms with Crippen molar-refractivity contribution in [2.75, 3.05) is 5.32 Å². The summed E-state index contributed by atoms with van der Waals surface area (Å²) in [5, 5.41) is 4.30. The van der Waals surface area contributed by atoms with Gasteiger partial charge in [0.2, 0.25) is 5.91 Å². The van der Waals surface area contributed by atoms with E-state index < -0.39 is 35.0 Å². The number of benzene rings is 2. The molecule has 3 aromatic rings. The Hall–Kier alpha value is -3.10. The van der Waals surface area contributed by atoms with Crippen LogP contribution < -0.4 is 15.8 Å². The molecule has 0 saturated carbocycles. The number of halogens is 2. The largest absolute Gasteiger partial charge is 0.425 e. The van der Waals surface area contributed by atoms with Crippen LogP contribution in [0.3, 0.4) is 0 Å². The Morgan fingerprint density at radius 3 is 2.52 bits per heavy atom. The number of fused-ring (bicyclic) bond motifs is 1. The summed E-state index contributed by atoms with van der Waals surface area (Å²) in [7, 11) is 0. The number of ether oxygens (including phenoxy) is 1. The van der Waals surface area contributed by atoms with Gasteiger partial charge in [-0.2, -0.15) is 0 Å². The molecule has 0 radical (unpaired) electrons. The standard InChI is InChI=1S/C21H16F2N2O3S/c1-11(24)19(26)28-13-6-4-12(5-7-13)21(16-3-2-10-29-16)14-8-9-15(22)17(23)18(14)25-20(21)27/h2-11H,24H2,1H3,(H,25,27)/t11-,21?/m0/s1. The van der Waals surface area contributed by atoms with Crippen LogP contribution in [0.1, 0.15) is 22.9 Å². The van der Waals surface area contributed by atoms with Gasteiger partial charge in [0.15, 0.2) is 11.6 Å². The Labute approximate surface area is 169 Å². The normalized spacial score (nSPS) is 18.8. The minimum atomic E-state index is -1.35. The van der Waals surface area contributed by atoms with Gasteiger partial charge < -0.3 is 15.8 Å². The van der Waals surface area contributed by atoms with Crippen molar-refractivity contribution in [3.8, 4) is 5.75 Å². The van der Waals surface area contributed by atoms with Gasteiger partial charge in [-0.25, -0.2) is 13.6 Å². The third-order valence-corrected chi connectivity index (χ3v) is 5.84. The third kappa shape index (κ3) is 2.92. The van der Waals surface area contributed by atoms with E-state index in [4.69, 9.17) is 10.5 Å². The van der Waals surface area contributed by atoms with Crippen LogP contribution in [-0.2, 0) is 15.0 Å². The molecule has 0 aliphatic carbocycles. The molecule has 1 unspecified atom stereocenters. The Kier molecular flexibility index (Phi) is 4.68. The highest BCUT2D eigenvalue weighted by atomic mass is 32.1. The number of carbonyl (C=O) groups excluding carboxylic acids is 2. The molecule has 0 spiro atoms. The van der Waals surface area contributed by atoms with Crippen LogP contribution in [0.4, 0.5) is 14.5 Å². The lowest BCUT2D eigenvalue weighted by molar-refractivity contribution is -0.135. The number of rotatable bonds is 4. The van der Waals surface area contributed by atoms with Crippen LogP contribution in [0.2, 0.25) is 0 Å². The summed E-state index contributed by atoms with van der Waals surface area (Å²) in [4.78, 5) is 25.5. The second-order valence-electron chi connectivity index (χ2n) is 6.70. The summed E-state index contributed by atoms with van der Waals surface area (Å²) < 4.78 is 33.3. The molecule has 5 nitrogen and oxygen atoms in total. The predicted octanol–water partition coefficient (Wildman–Crippen LogP) is 3.57. The minimum Gasteiger partial charge on any atom is -0.425 e. The molecule has 1 aliphatic heterocycles. The maximum Gasteiger partial charge on any atom is 0.328 e. The number of hydrogen-bond acceptors (Lipinski definition) is 5. The Balaban J connectivity index is 1.87. The number of amides is 1. The van der Waals surface area contributed by atoms with Gasteiger partial charge in [-0.05, 0) is 42.1 Å². The van der Waals surface area contributed by atoms with Crippen molar-refractivity contribution in [3.63, 3.8) is 0 Å². The summed E-state index contributed by atoms with van der Waals surface area (Å²) >= 11 is 1.33. The van der Waals surface area contributed by atoms with Crippen LogP contribution in [0.15, 0.2) is 53.9 Å². The van der Waals surface area contributed by atoms with Crippen LogP contribution in [-0.4, -0.2) is 17.9 Å². The van der Waals surface area contributed by atoms with Crippen LogP contribution in [0.5, 0.6) is 5.75 Å². The Morgan fingerprint density at radius 1 is 1.17 bits per heavy atom. The summed E-state index contributed by atoms with van der Waals surface area (Å²) in [6, 6.07) is 11.5. The molecule has 4 rings (SSSR count). The zero-order chi connectivity index (χ0) is 20.8. The van der Waals surface area contributed by atoms with E-state index >= 15 is 0 Å². The molecular weight excluding hydrogens is 398 g/mol. The van der Waals surface area contributed by atoms with Gasteiger partial charge in [0.1, 0.15) is 17.2 Å². The monoisotopic (exact) mass is 414 g/mol. The van der Waals surface area contributed by atoms with Gasteiger partial charge in [-0.15, -0.1) is 11.3 Å². The molecule has 1 aliphatic rings. The highest BCUT2D eigenvalue weighted by Crippen LogP contribution is 2.50. The van der Waals surface area contributed by atoms with E-state index in [0.717, 1.165) is 6.07 Å². The number of hydrogen-bond donors (Lipinski definition) is 2. The van der Waals surface area contributed by atoms with Gasteiger partial charge in [0.25, 0.3) is 0 Å². The number of carbonyl (C=O) groups is 2. The Morgan fingerprint density at radius 2 is 1.90 bits per heavy atom. The quantitative estimate of drug-likeness (QED) is 0.505. The first-order chi connectivity index (χ1) is 13.9. The van der Waals surface area contributed by atoms with Crippen molar-refractivity contribution in [1.82, 2.24) is 0 Å². The van der Waals surface area contributed by atoms with Gasteiger partial charge >= 0.3 is 5.97 Å². The lowest BCUT2D eigenvalue weighted by atomic mass is 9.74.